The lowest BCUT2D eigenvalue weighted by atomic mass is 10.2. The summed E-state index contributed by atoms with van der Waals surface area (Å²) in [6, 6.07) is 16.2. The second-order valence-corrected chi connectivity index (χ2v) is 8.97. The lowest BCUT2D eigenvalue weighted by Crippen LogP contribution is -2.39. The van der Waals surface area contributed by atoms with Crippen LogP contribution in [0.15, 0.2) is 59.5 Å². The number of likely N-dealkylation sites (N-methyl/N-ethyl adjacent to an activating group) is 1. The third-order valence-corrected chi connectivity index (χ3v) is 6.66. The van der Waals surface area contributed by atoms with Gasteiger partial charge in [0.2, 0.25) is 15.9 Å². The molecule has 6 nitrogen and oxygen atoms in total. The Morgan fingerprint density at radius 3 is 2.41 bits per heavy atom. The van der Waals surface area contributed by atoms with E-state index in [0.29, 0.717) is 12.3 Å². The third-order valence-electron chi connectivity index (χ3n) is 3.81. The van der Waals surface area contributed by atoms with E-state index in [4.69, 9.17) is 4.74 Å². The molecule has 0 atom stereocenters. The quantitative estimate of drug-likeness (QED) is 0.611. The molecule has 0 aliphatic rings. The summed E-state index contributed by atoms with van der Waals surface area (Å²) in [4.78, 5) is 12.1. The van der Waals surface area contributed by atoms with Gasteiger partial charge in [0.15, 0.2) is 0 Å². The average Bonchev–Trinajstić information content (AvgIpc) is 2.68. The molecule has 1 N–H and O–H groups in total. The Morgan fingerprint density at radius 1 is 1.11 bits per heavy atom. The number of amides is 1. The highest BCUT2D eigenvalue weighted by Gasteiger charge is 2.22. The molecular weight excluding hydrogens is 384 g/mol. The molecule has 27 heavy (non-hydrogen) atoms. The molecule has 0 saturated carbocycles. The van der Waals surface area contributed by atoms with Gasteiger partial charge in [0.05, 0.1) is 18.6 Å². The number of benzene rings is 2. The molecule has 146 valence electrons. The van der Waals surface area contributed by atoms with Crippen molar-refractivity contribution in [2.75, 3.05) is 33.0 Å². The van der Waals surface area contributed by atoms with Gasteiger partial charge < -0.3 is 10.1 Å². The van der Waals surface area contributed by atoms with Crippen LogP contribution in [0.3, 0.4) is 0 Å². The van der Waals surface area contributed by atoms with Gasteiger partial charge in [-0.3, -0.25) is 4.79 Å². The maximum absolute atomic E-state index is 12.5. The number of methoxy groups -OCH3 is 1. The van der Waals surface area contributed by atoms with Crippen LogP contribution in [0.25, 0.3) is 0 Å². The summed E-state index contributed by atoms with van der Waals surface area (Å²) in [5, 5.41) is 2.76. The molecule has 8 heteroatoms. The predicted molar refractivity (Wildman–Crippen MR) is 108 cm³/mol. The second-order valence-electron chi connectivity index (χ2n) is 5.82. The normalized spacial score (nSPS) is 11.4. The van der Waals surface area contributed by atoms with Gasteiger partial charge in [0, 0.05) is 25.1 Å². The van der Waals surface area contributed by atoms with Gasteiger partial charge in [-0.25, -0.2) is 8.42 Å². The van der Waals surface area contributed by atoms with Crippen molar-refractivity contribution in [3.05, 3.63) is 60.2 Å². The van der Waals surface area contributed by atoms with E-state index >= 15 is 0 Å². The predicted octanol–water partition coefficient (Wildman–Crippen LogP) is 2.37. The minimum Gasteiger partial charge on any atom is -0.497 e. The molecule has 0 spiro atoms. The van der Waals surface area contributed by atoms with Crippen LogP contribution >= 0.6 is 11.8 Å². The Balaban J connectivity index is 1.75. The van der Waals surface area contributed by atoms with Crippen molar-refractivity contribution in [1.82, 2.24) is 9.62 Å². The van der Waals surface area contributed by atoms with Crippen molar-refractivity contribution >= 4 is 27.7 Å². The first kappa shape index (κ1) is 21.3. The first-order chi connectivity index (χ1) is 12.9. The molecular formula is C19H24N2O4S2. The van der Waals surface area contributed by atoms with E-state index in [1.807, 2.05) is 18.2 Å². The van der Waals surface area contributed by atoms with E-state index < -0.39 is 10.0 Å². The smallest absolute Gasteiger partial charge is 0.243 e. The monoisotopic (exact) mass is 408 g/mol. The fourth-order valence-corrected chi connectivity index (χ4v) is 4.24. The zero-order chi connectivity index (χ0) is 19.7. The summed E-state index contributed by atoms with van der Waals surface area (Å²) in [6.07, 6.45) is 0. The number of thioether (sulfide) groups is 1. The topological polar surface area (TPSA) is 75.7 Å². The Bertz CT molecular complexity index is 825. The van der Waals surface area contributed by atoms with Gasteiger partial charge in [-0.2, -0.15) is 16.1 Å². The zero-order valence-electron chi connectivity index (χ0n) is 15.4. The van der Waals surface area contributed by atoms with E-state index in [-0.39, 0.29) is 17.3 Å². The Hall–Kier alpha value is -2.03. The minimum atomic E-state index is -3.72. The molecule has 2 aromatic carbocycles. The number of hydrogen-bond acceptors (Lipinski definition) is 5. The number of nitrogens with zero attached hydrogens (tertiary/aromatic N) is 1. The van der Waals surface area contributed by atoms with Crippen molar-refractivity contribution in [1.29, 1.82) is 0 Å². The van der Waals surface area contributed by atoms with Crippen molar-refractivity contribution < 1.29 is 17.9 Å². The number of carbonyl (C=O) groups excluding carboxylic acids is 1. The first-order valence-electron chi connectivity index (χ1n) is 8.42. The summed E-state index contributed by atoms with van der Waals surface area (Å²) in [6.45, 7) is 0.268. The molecule has 0 bridgehead atoms. The van der Waals surface area contributed by atoms with Crippen LogP contribution < -0.4 is 10.1 Å². The molecule has 0 unspecified atom stereocenters. The van der Waals surface area contributed by atoms with Gasteiger partial charge in [-0.1, -0.05) is 30.3 Å². The lowest BCUT2D eigenvalue weighted by molar-refractivity contribution is -0.121. The molecule has 0 heterocycles. The number of ether oxygens (including phenoxy) is 1. The van der Waals surface area contributed by atoms with Crippen molar-refractivity contribution in [2.24, 2.45) is 0 Å². The van der Waals surface area contributed by atoms with Crippen molar-refractivity contribution in [3.8, 4) is 5.75 Å². The molecule has 0 aliphatic carbocycles. The highest BCUT2D eigenvalue weighted by atomic mass is 32.2. The van der Waals surface area contributed by atoms with Crippen LogP contribution in [0.1, 0.15) is 5.56 Å². The first-order valence-corrected chi connectivity index (χ1v) is 11.0. The molecule has 0 saturated heterocycles. The Morgan fingerprint density at radius 2 is 1.78 bits per heavy atom. The van der Waals surface area contributed by atoms with Gasteiger partial charge in [0.25, 0.3) is 0 Å². The summed E-state index contributed by atoms with van der Waals surface area (Å²) >= 11 is 1.71. The number of hydrogen-bond donors (Lipinski definition) is 1. The number of sulfonamides is 1. The molecule has 0 fully saturated rings. The fourth-order valence-electron chi connectivity index (χ4n) is 2.30. The van der Waals surface area contributed by atoms with Crippen LogP contribution in [-0.4, -0.2) is 51.6 Å². The van der Waals surface area contributed by atoms with Crippen LogP contribution in [-0.2, 0) is 20.6 Å². The molecule has 0 aromatic heterocycles. The van der Waals surface area contributed by atoms with Gasteiger partial charge in [-0.15, -0.1) is 0 Å². The standard InChI is InChI=1S/C19H24N2O4S2/c1-21(27(23,24)18-10-8-17(25-2)9-11-18)14-19(22)20-12-13-26-15-16-6-4-3-5-7-16/h3-11H,12-15H2,1-2H3,(H,20,22). The van der Waals surface area contributed by atoms with Crippen LogP contribution in [0.2, 0.25) is 0 Å². The van der Waals surface area contributed by atoms with E-state index in [2.05, 4.69) is 17.4 Å². The SMILES string of the molecule is COc1ccc(S(=O)(=O)N(C)CC(=O)NCCSCc2ccccc2)cc1. The molecule has 1 amide bonds. The lowest BCUT2D eigenvalue weighted by Gasteiger charge is -2.17. The second kappa shape index (κ2) is 10.3. The zero-order valence-corrected chi connectivity index (χ0v) is 17.1. The van der Waals surface area contributed by atoms with Gasteiger partial charge in [0.1, 0.15) is 5.75 Å². The van der Waals surface area contributed by atoms with E-state index in [1.54, 1.807) is 23.9 Å². The Labute approximate surface area is 165 Å². The van der Waals surface area contributed by atoms with E-state index in [9.17, 15) is 13.2 Å². The summed E-state index contributed by atoms with van der Waals surface area (Å²) < 4.78 is 31.1. The molecule has 0 radical (unpaired) electrons. The molecule has 0 aliphatic heterocycles. The van der Waals surface area contributed by atoms with Gasteiger partial charge in [-0.05, 0) is 29.8 Å². The summed E-state index contributed by atoms with van der Waals surface area (Å²) in [7, 11) is -0.814. The number of nitrogens with one attached hydrogen (secondary N) is 1. The summed E-state index contributed by atoms with van der Waals surface area (Å²) in [5.41, 5.74) is 1.24. The number of rotatable bonds is 10. The summed E-state index contributed by atoms with van der Waals surface area (Å²) in [5.74, 6) is 1.88. The third kappa shape index (κ3) is 6.57. The average molecular weight is 409 g/mol. The maximum Gasteiger partial charge on any atom is 0.243 e. The highest BCUT2D eigenvalue weighted by Crippen LogP contribution is 2.18. The molecule has 2 rings (SSSR count). The minimum absolute atomic E-state index is 0.122. The number of carbonyl (C=O) groups is 1. The van der Waals surface area contributed by atoms with Gasteiger partial charge >= 0.3 is 0 Å². The van der Waals surface area contributed by atoms with Crippen molar-refractivity contribution in [2.45, 2.75) is 10.6 Å². The van der Waals surface area contributed by atoms with Crippen LogP contribution in [0, 0.1) is 0 Å². The molecule has 2 aromatic rings. The van der Waals surface area contributed by atoms with Crippen LogP contribution in [0.4, 0.5) is 0 Å². The van der Waals surface area contributed by atoms with E-state index in [0.717, 1.165) is 15.8 Å². The largest absolute Gasteiger partial charge is 0.497 e. The highest BCUT2D eigenvalue weighted by molar-refractivity contribution is 7.98. The van der Waals surface area contributed by atoms with Crippen molar-refractivity contribution in [3.63, 3.8) is 0 Å². The fraction of sp³-hybridized carbons (Fsp3) is 0.316. The van der Waals surface area contributed by atoms with Crippen LogP contribution in [0.5, 0.6) is 5.75 Å². The Kier molecular flexibility index (Phi) is 8.15. The maximum atomic E-state index is 12.5. The van der Waals surface area contributed by atoms with E-state index in [1.165, 1.54) is 31.9 Å².